The van der Waals surface area contributed by atoms with Crippen LogP contribution in [0.15, 0.2) is 5.38 Å². The molecule has 1 saturated heterocycles. The van der Waals surface area contributed by atoms with Gasteiger partial charge in [-0.15, -0.1) is 11.3 Å². The van der Waals surface area contributed by atoms with Crippen LogP contribution in [-0.2, 0) is 20.8 Å². The molecule has 2 heterocycles. The molecule has 1 aromatic heterocycles. The van der Waals surface area contributed by atoms with Gasteiger partial charge >= 0.3 is 0 Å². The van der Waals surface area contributed by atoms with Crippen molar-refractivity contribution in [2.75, 3.05) is 11.9 Å². The summed E-state index contributed by atoms with van der Waals surface area (Å²) in [6.07, 6.45) is 0.0287. The van der Waals surface area contributed by atoms with Crippen LogP contribution >= 0.6 is 11.3 Å². The van der Waals surface area contributed by atoms with Gasteiger partial charge in [-0.25, -0.2) is 4.98 Å². The molecule has 1 aliphatic rings. The zero-order valence-corrected chi connectivity index (χ0v) is 13.6. The summed E-state index contributed by atoms with van der Waals surface area (Å²) in [6.45, 7) is 6.51. The van der Waals surface area contributed by atoms with E-state index in [0.29, 0.717) is 17.4 Å². The third-order valence-corrected chi connectivity index (χ3v) is 4.52. The molecule has 1 aromatic rings. The average Bonchev–Trinajstić information content (AvgIpc) is 2.94. The number of primary amides is 1. The molecular formula is C14H20N4O3S. The number of amides is 3. The summed E-state index contributed by atoms with van der Waals surface area (Å²) in [6, 6.07) is 0. The molecule has 0 saturated carbocycles. The molecule has 1 aliphatic heterocycles. The monoisotopic (exact) mass is 324 g/mol. The quantitative estimate of drug-likeness (QED) is 0.700. The first-order chi connectivity index (χ1) is 10.2. The van der Waals surface area contributed by atoms with E-state index in [1.165, 1.54) is 11.3 Å². The maximum Gasteiger partial charge on any atom is 0.239 e. The fourth-order valence-electron chi connectivity index (χ4n) is 2.54. The SMILES string of the molecule is CC(C)(C)[C@@H]1CNC(=O)[C@@H]1C(=O)Nc1nc(CC(N)=O)cs1. The second-order valence-electron chi connectivity index (χ2n) is 6.47. The Morgan fingerprint density at radius 1 is 1.50 bits per heavy atom. The lowest BCUT2D eigenvalue weighted by molar-refractivity contribution is -0.132. The van der Waals surface area contributed by atoms with Crippen molar-refractivity contribution >= 4 is 34.2 Å². The van der Waals surface area contributed by atoms with Gasteiger partial charge in [0.2, 0.25) is 17.7 Å². The second-order valence-corrected chi connectivity index (χ2v) is 7.33. The summed E-state index contributed by atoms with van der Waals surface area (Å²) in [7, 11) is 0. The van der Waals surface area contributed by atoms with Gasteiger partial charge in [0, 0.05) is 17.8 Å². The van der Waals surface area contributed by atoms with E-state index in [4.69, 9.17) is 5.73 Å². The Bertz CT molecular complexity index is 605. The molecule has 0 aromatic carbocycles. The summed E-state index contributed by atoms with van der Waals surface area (Å²) in [5.74, 6) is -1.92. The van der Waals surface area contributed by atoms with Gasteiger partial charge in [-0.2, -0.15) is 0 Å². The van der Waals surface area contributed by atoms with Crippen LogP contribution in [0.1, 0.15) is 26.5 Å². The standard InChI is InChI=1S/C14H20N4O3S/c1-14(2,3)8-5-16-11(20)10(8)12(21)18-13-17-7(6-22-13)4-9(15)19/h6,8,10H,4-5H2,1-3H3,(H2,15,19)(H,16,20)(H,17,18,21)/t8-,10-/m1/s1. The first kappa shape index (κ1) is 16.4. The maximum atomic E-state index is 12.4. The topological polar surface area (TPSA) is 114 Å². The minimum absolute atomic E-state index is 0.0287. The number of hydrogen-bond donors (Lipinski definition) is 3. The van der Waals surface area contributed by atoms with Gasteiger partial charge in [-0.05, 0) is 5.41 Å². The summed E-state index contributed by atoms with van der Waals surface area (Å²) < 4.78 is 0. The van der Waals surface area contributed by atoms with Crippen LogP contribution in [0, 0.1) is 17.3 Å². The number of thiazole rings is 1. The molecule has 2 rings (SSSR count). The Morgan fingerprint density at radius 2 is 2.18 bits per heavy atom. The molecule has 2 atom stereocenters. The van der Waals surface area contributed by atoms with Crippen molar-refractivity contribution in [1.29, 1.82) is 0 Å². The van der Waals surface area contributed by atoms with Gasteiger partial charge in [-0.3, -0.25) is 14.4 Å². The molecule has 0 unspecified atom stereocenters. The first-order valence-corrected chi connectivity index (χ1v) is 7.87. The van der Waals surface area contributed by atoms with Crippen molar-refractivity contribution in [2.24, 2.45) is 23.0 Å². The van der Waals surface area contributed by atoms with Crippen LogP contribution in [0.4, 0.5) is 5.13 Å². The molecule has 120 valence electrons. The van der Waals surface area contributed by atoms with Crippen LogP contribution in [0.3, 0.4) is 0 Å². The van der Waals surface area contributed by atoms with Gasteiger partial charge in [0.05, 0.1) is 12.1 Å². The zero-order valence-electron chi connectivity index (χ0n) is 12.8. The molecule has 0 bridgehead atoms. The van der Waals surface area contributed by atoms with Gasteiger partial charge in [-0.1, -0.05) is 20.8 Å². The molecule has 4 N–H and O–H groups in total. The summed E-state index contributed by atoms with van der Waals surface area (Å²) in [5, 5.41) is 7.44. The largest absolute Gasteiger partial charge is 0.369 e. The first-order valence-electron chi connectivity index (χ1n) is 7.00. The van der Waals surface area contributed by atoms with Crippen molar-refractivity contribution in [1.82, 2.24) is 10.3 Å². The predicted octanol–water partition coefficient (Wildman–Crippen LogP) is 0.518. The number of anilines is 1. The van der Waals surface area contributed by atoms with Crippen LogP contribution in [0.25, 0.3) is 0 Å². The van der Waals surface area contributed by atoms with E-state index in [1.54, 1.807) is 5.38 Å². The lowest BCUT2D eigenvalue weighted by atomic mass is 9.74. The molecule has 1 fully saturated rings. The zero-order chi connectivity index (χ0) is 16.5. The van der Waals surface area contributed by atoms with Crippen molar-refractivity contribution < 1.29 is 14.4 Å². The Labute approximate surface area is 132 Å². The normalized spacial score (nSPS) is 21.5. The van der Waals surface area contributed by atoms with E-state index in [-0.39, 0.29) is 29.6 Å². The van der Waals surface area contributed by atoms with Gasteiger partial charge in [0.15, 0.2) is 5.13 Å². The van der Waals surface area contributed by atoms with E-state index in [0.717, 1.165) is 0 Å². The third kappa shape index (κ3) is 3.62. The molecule has 22 heavy (non-hydrogen) atoms. The van der Waals surface area contributed by atoms with Crippen LogP contribution in [-0.4, -0.2) is 29.3 Å². The van der Waals surface area contributed by atoms with Crippen molar-refractivity contribution in [3.63, 3.8) is 0 Å². The van der Waals surface area contributed by atoms with E-state index in [2.05, 4.69) is 15.6 Å². The highest BCUT2D eigenvalue weighted by Gasteiger charge is 2.45. The Morgan fingerprint density at radius 3 is 2.77 bits per heavy atom. The third-order valence-electron chi connectivity index (χ3n) is 3.71. The van der Waals surface area contributed by atoms with Crippen LogP contribution in [0.5, 0.6) is 0 Å². The molecule has 0 radical (unpaired) electrons. The number of nitrogens with one attached hydrogen (secondary N) is 2. The average molecular weight is 324 g/mol. The fraction of sp³-hybridized carbons (Fsp3) is 0.571. The summed E-state index contributed by atoms with van der Waals surface area (Å²) >= 11 is 1.21. The number of carbonyl (C=O) groups is 3. The number of hydrogen-bond acceptors (Lipinski definition) is 5. The van der Waals surface area contributed by atoms with Gasteiger partial charge in [0.25, 0.3) is 0 Å². The highest BCUT2D eigenvalue weighted by atomic mass is 32.1. The fourth-order valence-corrected chi connectivity index (χ4v) is 3.25. The lowest BCUT2D eigenvalue weighted by Gasteiger charge is -2.29. The molecule has 3 amide bonds. The molecule has 0 aliphatic carbocycles. The minimum atomic E-state index is -0.733. The molecule has 0 spiro atoms. The Balaban J connectivity index is 2.09. The van der Waals surface area contributed by atoms with Crippen molar-refractivity contribution in [2.45, 2.75) is 27.2 Å². The lowest BCUT2D eigenvalue weighted by Crippen LogP contribution is -2.37. The highest BCUT2D eigenvalue weighted by molar-refractivity contribution is 7.13. The van der Waals surface area contributed by atoms with E-state index in [9.17, 15) is 14.4 Å². The van der Waals surface area contributed by atoms with Crippen LogP contribution < -0.4 is 16.4 Å². The van der Waals surface area contributed by atoms with E-state index >= 15 is 0 Å². The van der Waals surface area contributed by atoms with Gasteiger partial charge in [0.1, 0.15) is 5.92 Å². The van der Waals surface area contributed by atoms with Crippen LogP contribution in [0.2, 0.25) is 0 Å². The Kier molecular flexibility index (Phi) is 4.50. The number of carbonyl (C=O) groups excluding carboxylic acids is 3. The number of nitrogens with two attached hydrogens (primary N) is 1. The Hall–Kier alpha value is -1.96. The number of aromatic nitrogens is 1. The maximum absolute atomic E-state index is 12.4. The van der Waals surface area contributed by atoms with Crippen molar-refractivity contribution in [3.8, 4) is 0 Å². The van der Waals surface area contributed by atoms with E-state index in [1.807, 2.05) is 20.8 Å². The van der Waals surface area contributed by atoms with Crippen molar-refractivity contribution in [3.05, 3.63) is 11.1 Å². The van der Waals surface area contributed by atoms with E-state index < -0.39 is 11.8 Å². The molecular weight excluding hydrogens is 304 g/mol. The summed E-state index contributed by atoms with van der Waals surface area (Å²) in [4.78, 5) is 39.4. The minimum Gasteiger partial charge on any atom is -0.369 e. The molecule has 8 heteroatoms. The number of nitrogens with zero attached hydrogens (tertiary/aromatic N) is 1. The number of rotatable bonds is 4. The molecule has 7 nitrogen and oxygen atoms in total. The van der Waals surface area contributed by atoms with Gasteiger partial charge < -0.3 is 16.4 Å². The second kappa shape index (κ2) is 6.04. The highest BCUT2D eigenvalue weighted by Crippen LogP contribution is 2.35. The smallest absolute Gasteiger partial charge is 0.239 e. The summed E-state index contributed by atoms with van der Waals surface area (Å²) in [5.41, 5.74) is 5.45. The predicted molar refractivity (Wildman–Crippen MR) is 83.1 cm³/mol.